The van der Waals surface area contributed by atoms with Crippen molar-refractivity contribution in [2.45, 2.75) is 372 Å². The number of amides is 1. The fraction of sp³-hybridized carbons (Fsp3) is 0.750. The summed E-state index contributed by atoms with van der Waals surface area (Å²) in [7, 11) is 0. The number of aliphatic hydroxyl groups excluding tert-OH is 5. The van der Waals surface area contributed by atoms with E-state index in [1.54, 1.807) is 6.08 Å². The number of hydrogen-bond donors (Lipinski definition) is 6. The van der Waals surface area contributed by atoms with Crippen LogP contribution in [0.15, 0.2) is 109 Å². The minimum Gasteiger partial charge on any atom is -0.454 e. The zero-order chi connectivity index (χ0) is 66.0. The highest BCUT2D eigenvalue weighted by atomic mass is 16.7. The standard InChI is InChI=1S/C80H139NO10/c1-4-7-10-13-16-19-22-24-26-28-30-32-34-36-37-38-40-42-44-46-48-50-53-56-59-62-65-68-75(85)91-78-77(87)76(86)74(69-82)90-80(78)89-70-71(72(83)66-63-60-57-54-51-21-18-15-12-9-6-3)81-79(88)73(84)67-64-61-58-55-52-49-47-45-43-41-39-35-33-31-29-27-25-23-20-17-14-11-8-5-2/h7,10,16-17,19-20,24-27,30,32,36-37,40,42,63,66,71-74,76-78,80,82-84,86-87H,4-6,8-9,11-15,18,21-23,28-29,31,33-35,38-39,41,43-62,64-65,67-70H2,1-3H3,(H,81,88)/b10-7-,19-16-,20-17-,26-24-,27-25-,32-30-,37-36-,42-40-,66-63+. The molecule has 1 aliphatic rings. The molecular formula is C80H139NO10. The molecule has 91 heavy (non-hydrogen) atoms. The smallest absolute Gasteiger partial charge is 0.306 e. The molecule has 0 aromatic carbocycles. The molecule has 0 spiro atoms. The van der Waals surface area contributed by atoms with Crippen LogP contribution in [0.25, 0.3) is 0 Å². The summed E-state index contributed by atoms with van der Waals surface area (Å²) in [6.07, 6.45) is 81.3. The maximum Gasteiger partial charge on any atom is 0.306 e. The minimum atomic E-state index is -1.62. The predicted octanol–water partition coefficient (Wildman–Crippen LogP) is 20.0. The van der Waals surface area contributed by atoms with Crippen LogP contribution >= 0.6 is 0 Å². The molecule has 1 rings (SSSR count). The number of carbonyl (C=O) groups is 2. The van der Waals surface area contributed by atoms with Gasteiger partial charge in [-0.3, -0.25) is 9.59 Å². The first-order chi connectivity index (χ1) is 44.7. The Kier molecular flexibility index (Phi) is 62.2. The summed E-state index contributed by atoms with van der Waals surface area (Å²) >= 11 is 0. The maximum absolute atomic E-state index is 13.5. The Morgan fingerprint density at radius 2 is 0.791 bits per heavy atom. The highest BCUT2D eigenvalue weighted by Crippen LogP contribution is 2.26. The summed E-state index contributed by atoms with van der Waals surface area (Å²) < 4.78 is 17.7. The maximum atomic E-state index is 13.5. The fourth-order valence-corrected chi connectivity index (χ4v) is 11.3. The Hall–Kier alpha value is -3.68. The fourth-order valence-electron chi connectivity index (χ4n) is 11.3. The van der Waals surface area contributed by atoms with Crippen molar-refractivity contribution in [1.29, 1.82) is 0 Å². The largest absolute Gasteiger partial charge is 0.454 e. The SMILES string of the molecule is CC/C=C\C/C=C\C/C=C\C/C=C\C/C=C\C/C=C\CCCCCCCCCCC(=O)OC1C(OCC(NC(=O)C(O)CCCCCCCCCCCCCCCC/C=C\C/C=C\CCCCC)C(O)/C=C/CCCCCCCCCCC)OC(CO)C(O)C1O. The molecule has 0 aromatic heterocycles. The van der Waals surface area contributed by atoms with Crippen LogP contribution in [-0.4, -0.2) is 99.6 Å². The number of allylic oxidation sites excluding steroid dienone is 17. The number of hydrogen-bond acceptors (Lipinski definition) is 10. The van der Waals surface area contributed by atoms with Crippen LogP contribution in [0.3, 0.4) is 0 Å². The van der Waals surface area contributed by atoms with Gasteiger partial charge in [0, 0.05) is 6.42 Å². The highest BCUT2D eigenvalue weighted by molar-refractivity contribution is 5.80. The molecule has 1 saturated heterocycles. The normalized spacial score (nSPS) is 18.6. The van der Waals surface area contributed by atoms with E-state index >= 15 is 0 Å². The third-order valence-corrected chi connectivity index (χ3v) is 17.2. The number of esters is 1. The monoisotopic (exact) mass is 1270 g/mol. The van der Waals surface area contributed by atoms with Crippen molar-refractivity contribution in [2.24, 2.45) is 0 Å². The van der Waals surface area contributed by atoms with Crippen LogP contribution in [0, 0.1) is 0 Å². The molecule has 0 aromatic rings. The van der Waals surface area contributed by atoms with Gasteiger partial charge in [-0.2, -0.15) is 0 Å². The molecule has 0 radical (unpaired) electrons. The zero-order valence-electron chi connectivity index (χ0n) is 58.4. The molecule has 0 bridgehead atoms. The number of carbonyl (C=O) groups excluding carboxylic acids is 2. The van der Waals surface area contributed by atoms with Crippen LogP contribution in [0.4, 0.5) is 0 Å². The van der Waals surface area contributed by atoms with E-state index < -0.39 is 67.4 Å². The van der Waals surface area contributed by atoms with Gasteiger partial charge in [-0.1, -0.05) is 316 Å². The number of unbranched alkanes of at least 4 members (excludes halogenated alkanes) is 34. The quantitative estimate of drug-likeness (QED) is 0.0195. The van der Waals surface area contributed by atoms with Gasteiger partial charge in [0.1, 0.15) is 24.4 Å². The summed E-state index contributed by atoms with van der Waals surface area (Å²) in [4.78, 5) is 26.7. The van der Waals surface area contributed by atoms with Crippen LogP contribution < -0.4 is 5.32 Å². The van der Waals surface area contributed by atoms with Gasteiger partial charge in [-0.05, 0) is 109 Å². The van der Waals surface area contributed by atoms with E-state index in [1.807, 2.05) is 6.08 Å². The second-order valence-electron chi connectivity index (χ2n) is 25.6. The van der Waals surface area contributed by atoms with Crippen LogP contribution in [-0.2, 0) is 23.8 Å². The van der Waals surface area contributed by atoms with E-state index in [1.165, 1.54) is 161 Å². The molecule has 1 amide bonds. The van der Waals surface area contributed by atoms with Crippen molar-refractivity contribution >= 4 is 11.9 Å². The molecule has 8 unspecified atom stereocenters. The van der Waals surface area contributed by atoms with Crippen molar-refractivity contribution in [1.82, 2.24) is 5.32 Å². The Morgan fingerprint density at radius 1 is 0.440 bits per heavy atom. The van der Waals surface area contributed by atoms with Gasteiger partial charge in [0.15, 0.2) is 12.4 Å². The molecule has 524 valence electrons. The summed E-state index contributed by atoms with van der Waals surface area (Å²) in [6.45, 7) is 5.67. The average Bonchev–Trinajstić information content (AvgIpc) is 1.14. The first-order valence-corrected chi connectivity index (χ1v) is 37.7. The molecule has 1 aliphatic heterocycles. The minimum absolute atomic E-state index is 0.109. The number of aliphatic hydroxyl groups is 5. The zero-order valence-corrected chi connectivity index (χ0v) is 58.4. The van der Waals surface area contributed by atoms with Gasteiger partial charge in [-0.15, -0.1) is 0 Å². The molecule has 6 N–H and O–H groups in total. The predicted molar refractivity (Wildman–Crippen MR) is 384 cm³/mol. The first-order valence-electron chi connectivity index (χ1n) is 37.7. The van der Waals surface area contributed by atoms with Crippen molar-refractivity contribution < 1.29 is 49.3 Å². The Bertz CT molecular complexity index is 1900. The molecule has 8 atom stereocenters. The van der Waals surface area contributed by atoms with Crippen LogP contribution in [0.1, 0.15) is 323 Å². The third kappa shape index (κ3) is 53.3. The molecule has 0 aliphatic carbocycles. The van der Waals surface area contributed by atoms with E-state index in [0.29, 0.717) is 12.8 Å². The second kappa shape index (κ2) is 66.3. The lowest BCUT2D eigenvalue weighted by atomic mass is 9.99. The lowest BCUT2D eigenvalue weighted by Crippen LogP contribution is -2.61. The molecule has 11 nitrogen and oxygen atoms in total. The summed E-state index contributed by atoms with van der Waals surface area (Å²) in [5, 5.41) is 57.3. The third-order valence-electron chi connectivity index (χ3n) is 17.2. The van der Waals surface area contributed by atoms with Gasteiger partial charge in [0.25, 0.3) is 0 Å². The summed E-state index contributed by atoms with van der Waals surface area (Å²) in [5.74, 6) is -1.20. The van der Waals surface area contributed by atoms with Gasteiger partial charge < -0.3 is 45.1 Å². The summed E-state index contributed by atoms with van der Waals surface area (Å²) in [5.41, 5.74) is 0. The second-order valence-corrected chi connectivity index (χ2v) is 25.6. The number of ether oxygens (including phenoxy) is 3. The van der Waals surface area contributed by atoms with E-state index in [-0.39, 0.29) is 19.4 Å². The molecular weight excluding hydrogens is 1130 g/mol. The molecule has 1 fully saturated rings. The first kappa shape index (κ1) is 85.3. The van der Waals surface area contributed by atoms with Crippen molar-refractivity contribution in [3.8, 4) is 0 Å². The van der Waals surface area contributed by atoms with Crippen LogP contribution in [0.2, 0.25) is 0 Å². The van der Waals surface area contributed by atoms with Gasteiger partial charge >= 0.3 is 5.97 Å². The van der Waals surface area contributed by atoms with Crippen molar-refractivity contribution in [3.63, 3.8) is 0 Å². The number of rotatable bonds is 64. The average molecular weight is 1270 g/mol. The molecule has 1 heterocycles. The van der Waals surface area contributed by atoms with Gasteiger partial charge in [0.2, 0.25) is 5.91 Å². The number of nitrogens with one attached hydrogen (secondary N) is 1. The highest BCUT2D eigenvalue weighted by Gasteiger charge is 2.47. The lowest BCUT2D eigenvalue weighted by Gasteiger charge is -2.41. The van der Waals surface area contributed by atoms with E-state index in [0.717, 1.165) is 116 Å². The lowest BCUT2D eigenvalue weighted by molar-refractivity contribution is -0.305. The molecule has 0 saturated carbocycles. The van der Waals surface area contributed by atoms with Gasteiger partial charge in [0.05, 0.1) is 25.4 Å². The van der Waals surface area contributed by atoms with E-state index in [4.69, 9.17) is 14.2 Å². The topological polar surface area (TPSA) is 175 Å². The van der Waals surface area contributed by atoms with Gasteiger partial charge in [-0.25, -0.2) is 0 Å². The Labute approximate surface area is 558 Å². The van der Waals surface area contributed by atoms with E-state index in [2.05, 4.69) is 123 Å². The Morgan fingerprint density at radius 3 is 1.21 bits per heavy atom. The Balaban J connectivity index is 2.52. The van der Waals surface area contributed by atoms with E-state index in [9.17, 15) is 35.1 Å². The van der Waals surface area contributed by atoms with Crippen molar-refractivity contribution in [3.05, 3.63) is 109 Å². The van der Waals surface area contributed by atoms with Crippen LogP contribution in [0.5, 0.6) is 0 Å². The van der Waals surface area contributed by atoms with Crippen molar-refractivity contribution in [2.75, 3.05) is 13.2 Å². The summed E-state index contributed by atoms with van der Waals surface area (Å²) in [6, 6.07) is -1.03. The molecule has 11 heteroatoms.